The Hall–Kier alpha value is -2.77. The lowest BCUT2D eigenvalue weighted by Crippen LogP contribution is -2.31. The normalized spacial score (nSPS) is 11.4. The van der Waals surface area contributed by atoms with Crippen LogP contribution in [0.25, 0.3) is 0 Å². The van der Waals surface area contributed by atoms with Gasteiger partial charge in [-0.25, -0.2) is 8.42 Å². The second-order valence-corrected chi connectivity index (χ2v) is 11.0. The summed E-state index contributed by atoms with van der Waals surface area (Å²) in [5.74, 6) is 1.71. The Kier molecular flexibility index (Phi) is 8.97. The first-order valence-corrected chi connectivity index (χ1v) is 13.6. The van der Waals surface area contributed by atoms with Gasteiger partial charge in [-0.15, -0.1) is 0 Å². The Bertz CT molecular complexity index is 1150. The van der Waals surface area contributed by atoms with Crippen molar-refractivity contribution in [2.75, 3.05) is 24.2 Å². The molecule has 33 heavy (non-hydrogen) atoms. The molecule has 1 amide bonds. The van der Waals surface area contributed by atoms with Crippen molar-refractivity contribution in [3.05, 3.63) is 90.0 Å². The van der Waals surface area contributed by atoms with E-state index in [0.29, 0.717) is 12.2 Å². The molecular weight excluding hydrogens is 452 g/mol. The molecule has 0 bridgehead atoms. The van der Waals surface area contributed by atoms with E-state index in [1.807, 2.05) is 38.1 Å². The lowest BCUT2D eigenvalue weighted by Gasteiger charge is -2.16. The molecule has 0 aliphatic rings. The van der Waals surface area contributed by atoms with E-state index >= 15 is 0 Å². The minimum absolute atomic E-state index is 0.00167. The standard InChI is InChI=1S/C26H30N2O3S2/c1-20(2)22-13-14-24(25(17-22)33(30,31)23-11-7-4-8-12-23)28-18-26(29)27-15-16-32-19-21-9-5-3-6-10-21/h3-14,17,20,28H,15-16,18-19H2,1-2H3,(H,27,29). The van der Waals surface area contributed by atoms with Crippen LogP contribution in [-0.2, 0) is 20.4 Å². The van der Waals surface area contributed by atoms with E-state index in [0.717, 1.165) is 17.1 Å². The van der Waals surface area contributed by atoms with Gasteiger partial charge in [-0.05, 0) is 41.3 Å². The lowest BCUT2D eigenvalue weighted by molar-refractivity contribution is -0.119. The van der Waals surface area contributed by atoms with Crippen LogP contribution in [0.2, 0.25) is 0 Å². The van der Waals surface area contributed by atoms with Crippen molar-refractivity contribution in [2.24, 2.45) is 0 Å². The summed E-state index contributed by atoms with van der Waals surface area (Å²) in [7, 11) is -3.72. The maximum absolute atomic E-state index is 13.3. The van der Waals surface area contributed by atoms with E-state index in [9.17, 15) is 13.2 Å². The van der Waals surface area contributed by atoms with Crippen LogP contribution in [0.3, 0.4) is 0 Å². The topological polar surface area (TPSA) is 75.3 Å². The molecule has 0 saturated carbocycles. The zero-order valence-electron chi connectivity index (χ0n) is 19.0. The third kappa shape index (κ3) is 7.11. The van der Waals surface area contributed by atoms with Gasteiger partial charge in [0.2, 0.25) is 15.7 Å². The summed E-state index contributed by atoms with van der Waals surface area (Å²) in [5, 5.41) is 5.91. The molecule has 0 aliphatic heterocycles. The summed E-state index contributed by atoms with van der Waals surface area (Å²) in [6, 6.07) is 23.9. The molecule has 5 nitrogen and oxygen atoms in total. The number of rotatable bonds is 11. The summed E-state index contributed by atoms with van der Waals surface area (Å²) < 4.78 is 26.6. The second kappa shape index (κ2) is 11.9. The number of anilines is 1. The fourth-order valence-corrected chi connectivity index (χ4v) is 5.57. The van der Waals surface area contributed by atoms with E-state index in [-0.39, 0.29) is 28.2 Å². The molecule has 0 fully saturated rings. The van der Waals surface area contributed by atoms with Gasteiger partial charge in [0.25, 0.3) is 0 Å². The van der Waals surface area contributed by atoms with Gasteiger partial charge < -0.3 is 10.6 Å². The third-order valence-electron chi connectivity index (χ3n) is 5.13. The average molecular weight is 483 g/mol. The zero-order valence-corrected chi connectivity index (χ0v) is 20.6. The van der Waals surface area contributed by atoms with E-state index < -0.39 is 9.84 Å². The minimum atomic E-state index is -3.72. The molecule has 0 heterocycles. The van der Waals surface area contributed by atoms with Gasteiger partial charge in [0.15, 0.2) is 0 Å². The fourth-order valence-electron chi connectivity index (χ4n) is 3.26. The predicted octanol–water partition coefficient (Wildman–Crippen LogP) is 5.10. The predicted molar refractivity (Wildman–Crippen MR) is 137 cm³/mol. The van der Waals surface area contributed by atoms with Crippen LogP contribution in [0.4, 0.5) is 5.69 Å². The molecular formula is C26H30N2O3S2. The molecule has 174 valence electrons. The van der Waals surface area contributed by atoms with Gasteiger partial charge in [0.1, 0.15) is 0 Å². The Balaban J connectivity index is 1.60. The van der Waals surface area contributed by atoms with Crippen molar-refractivity contribution in [3.63, 3.8) is 0 Å². The Morgan fingerprint density at radius 3 is 2.27 bits per heavy atom. The van der Waals surface area contributed by atoms with E-state index in [2.05, 4.69) is 22.8 Å². The molecule has 3 aromatic rings. The number of benzene rings is 3. The second-order valence-electron chi connectivity index (χ2n) is 7.97. The van der Waals surface area contributed by atoms with Crippen LogP contribution in [0.1, 0.15) is 30.9 Å². The van der Waals surface area contributed by atoms with Gasteiger partial charge in [0, 0.05) is 18.1 Å². The Morgan fingerprint density at radius 1 is 0.939 bits per heavy atom. The zero-order chi connectivity index (χ0) is 23.7. The summed E-state index contributed by atoms with van der Waals surface area (Å²) >= 11 is 1.76. The molecule has 0 unspecified atom stereocenters. The quantitative estimate of drug-likeness (QED) is 0.372. The molecule has 3 aromatic carbocycles. The molecule has 0 radical (unpaired) electrons. The summed E-state index contributed by atoms with van der Waals surface area (Å²) in [6.07, 6.45) is 0. The van der Waals surface area contributed by atoms with Gasteiger partial charge in [-0.3, -0.25) is 4.79 Å². The van der Waals surface area contributed by atoms with Crippen LogP contribution < -0.4 is 10.6 Å². The van der Waals surface area contributed by atoms with Crippen molar-refractivity contribution < 1.29 is 13.2 Å². The number of carbonyl (C=O) groups excluding carboxylic acids is 1. The van der Waals surface area contributed by atoms with Crippen LogP contribution in [0.5, 0.6) is 0 Å². The third-order valence-corrected chi connectivity index (χ3v) is 7.97. The molecule has 0 aliphatic carbocycles. The highest BCUT2D eigenvalue weighted by Gasteiger charge is 2.22. The number of amides is 1. The van der Waals surface area contributed by atoms with Gasteiger partial charge in [0.05, 0.1) is 22.0 Å². The van der Waals surface area contributed by atoms with E-state index in [4.69, 9.17) is 0 Å². The van der Waals surface area contributed by atoms with Gasteiger partial charge in [-0.2, -0.15) is 11.8 Å². The van der Waals surface area contributed by atoms with Crippen molar-refractivity contribution in [3.8, 4) is 0 Å². The van der Waals surface area contributed by atoms with Crippen molar-refractivity contribution in [1.29, 1.82) is 0 Å². The number of carbonyl (C=O) groups is 1. The smallest absolute Gasteiger partial charge is 0.239 e. The van der Waals surface area contributed by atoms with Crippen LogP contribution in [-0.4, -0.2) is 33.2 Å². The molecule has 3 rings (SSSR count). The van der Waals surface area contributed by atoms with Crippen LogP contribution in [0.15, 0.2) is 88.7 Å². The first kappa shape index (κ1) is 24.9. The summed E-state index contributed by atoms with van der Waals surface area (Å²) in [4.78, 5) is 12.7. The van der Waals surface area contributed by atoms with E-state index in [1.165, 1.54) is 5.56 Å². The van der Waals surface area contributed by atoms with Gasteiger partial charge in [-0.1, -0.05) is 68.4 Å². The largest absolute Gasteiger partial charge is 0.375 e. The number of sulfone groups is 1. The SMILES string of the molecule is CC(C)c1ccc(NCC(=O)NCCSCc2ccccc2)c(S(=O)(=O)c2ccccc2)c1. The number of nitrogens with one attached hydrogen (secondary N) is 2. The molecule has 0 aromatic heterocycles. The minimum Gasteiger partial charge on any atom is -0.375 e. The highest BCUT2D eigenvalue weighted by atomic mass is 32.2. The highest BCUT2D eigenvalue weighted by Crippen LogP contribution is 2.30. The van der Waals surface area contributed by atoms with Crippen LogP contribution in [0, 0.1) is 0 Å². The first-order valence-electron chi connectivity index (χ1n) is 10.9. The first-order chi connectivity index (χ1) is 15.9. The molecule has 7 heteroatoms. The monoisotopic (exact) mass is 482 g/mol. The van der Waals surface area contributed by atoms with Crippen molar-refractivity contribution >= 4 is 33.2 Å². The number of thioether (sulfide) groups is 1. The summed E-state index contributed by atoms with van der Waals surface area (Å²) in [6.45, 7) is 4.59. The average Bonchev–Trinajstić information content (AvgIpc) is 2.83. The van der Waals surface area contributed by atoms with Crippen molar-refractivity contribution in [1.82, 2.24) is 5.32 Å². The maximum atomic E-state index is 13.3. The molecule has 0 saturated heterocycles. The lowest BCUT2D eigenvalue weighted by atomic mass is 10.0. The van der Waals surface area contributed by atoms with Crippen LogP contribution >= 0.6 is 11.8 Å². The maximum Gasteiger partial charge on any atom is 0.239 e. The Morgan fingerprint density at radius 2 is 1.61 bits per heavy atom. The van der Waals surface area contributed by atoms with E-state index in [1.54, 1.807) is 54.2 Å². The van der Waals surface area contributed by atoms with Gasteiger partial charge >= 0.3 is 0 Å². The molecule has 0 spiro atoms. The molecule has 0 atom stereocenters. The number of hydrogen-bond donors (Lipinski definition) is 2. The van der Waals surface area contributed by atoms with Crippen molar-refractivity contribution in [2.45, 2.75) is 35.3 Å². The molecule has 2 N–H and O–H groups in total. The summed E-state index contributed by atoms with van der Waals surface area (Å²) in [5.41, 5.74) is 2.61. The fraction of sp³-hybridized carbons (Fsp3) is 0.269. The highest BCUT2D eigenvalue weighted by molar-refractivity contribution is 7.98. The Labute approximate surface area is 200 Å². The number of hydrogen-bond acceptors (Lipinski definition) is 5.